The van der Waals surface area contributed by atoms with Gasteiger partial charge in [0.25, 0.3) is 0 Å². The maximum absolute atomic E-state index is 2.65. The van der Waals surface area contributed by atoms with Crippen LogP contribution < -0.4 is 4.90 Å². The largest absolute Gasteiger partial charge is 0.369 e. The molecule has 1 aromatic carbocycles. The summed E-state index contributed by atoms with van der Waals surface area (Å²) in [4.78, 5) is 2.65. The molecule has 0 heterocycles. The summed E-state index contributed by atoms with van der Waals surface area (Å²) in [7, 11) is 2.36. The molecule has 0 aromatic heterocycles. The van der Waals surface area contributed by atoms with E-state index in [-0.39, 0.29) is 0 Å². The third-order valence-electron chi connectivity index (χ3n) is 6.14. The van der Waals surface area contributed by atoms with Crippen molar-refractivity contribution in [1.82, 2.24) is 0 Å². The van der Waals surface area contributed by atoms with E-state index in [4.69, 9.17) is 0 Å². The van der Waals surface area contributed by atoms with Gasteiger partial charge in [-0.25, -0.2) is 0 Å². The van der Waals surface area contributed by atoms with E-state index in [9.17, 15) is 0 Å². The van der Waals surface area contributed by atoms with Crippen LogP contribution in [0.2, 0.25) is 0 Å². The number of rotatable bonds is 3. The van der Waals surface area contributed by atoms with Gasteiger partial charge in [0.05, 0.1) is 0 Å². The molecule has 0 radical (unpaired) electrons. The van der Waals surface area contributed by atoms with Crippen molar-refractivity contribution in [2.75, 3.05) is 11.9 Å². The minimum absolute atomic E-state index is 0.433. The summed E-state index contributed by atoms with van der Waals surface area (Å²) >= 11 is 0. The molecular weight excluding hydrogens is 254 g/mol. The minimum Gasteiger partial charge on any atom is -0.369 e. The molecule has 0 N–H and O–H groups in total. The summed E-state index contributed by atoms with van der Waals surface area (Å²) in [6.45, 7) is 6.83. The van der Waals surface area contributed by atoms with Gasteiger partial charge in [0, 0.05) is 18.3 Å². The second-order valence-electron chi connectivity index (χ2n) is 7.81. The van der Waals surface area contributed by atoms with Gasteiger partial charge < -0.3 is 4.90 Å². The summed E-state index contributed by atoms with van der Waals surface area (Å²) in [5.41, 5.74) is 4.65. The zero-order chi connectivity index (χ0) is 15.0. The van der Waals surface area contributed by atoms with Crippen LogP contribution in [0.3, 0.4) is 0 Å². The minimum atomic E-state index is 0.433. The van der Waals surface area contributed by atoms with E-state index in [0.717, 1.165) is 11.8 Å². The van der Waals surface area contributed by atoms with E-state index in [0.29, 0.717) is 5.54 Å². The molecule has 2 bridgehead atoms. The molecule has 1 heteroatoms. The molecule has 3 rings (SSSR count). The highest BCUT2D eigenvalue weighted by molar-refractivity contribution is 5.52. The van der Waals surface area contributed by atoms with Gasteiger partial charge in [0.2, 0.25) is 0 Å². The number of aryl methyl sites for hydroxylation is 2. The number of hydrogen-bond acceptors (Lipinski definition) is 1. The molecule has 3 unspecified atom stereocenters. The van der Waals surface area contributed by atoms with Gasteiger partial charge in [0.15, 0.2) is 0 Å². The molecule has 0 aliphatic heterocycles. The fourth-order valence-electron chi connectivity index (χ4n) is 5.11. The third-order valence-corrected chi connectivity index (χ3v) is 6.14. The second kappa shape index (κ2) is 5.66. The topological polar surface area (TPSA) is 3.24 Å². The number of hydrogen-bond donors (Lipinski definition) is 0. The lowest BCUT2D eigenvalue weighted by molar-refractivity contribution is 0.102. The molecule has 0 amide bonds. The summed E-state index contributed by atoms with van der Waals surface area (Å²) in [5.74, 6) is 1.92. The van der Waals surface area contributed by atoms with Gasteiger partial charge in [-0.2, -0.15) is 0 Å². The predicted octanol–water partition coefficient (Wildman–Crippen LogP) is 5.49. The van der Waals surface area contributed by atoms with Gasteiger partial charge in [-0.3, -0.25) is 0 Å². The van der Waals surface area contributed by atoms with Gasteiger partial charge in [-0.15, -0.1) is 0 Å². The Bertz CT molecular complexity index is 486. The van der Waals surface area contributed by atoms with Crippen molar-refractivity contribution >= 4 is 5.69 Å². The van der Waals surface area contributed by atoms with E-state index in [2.05, 4.69) is 50.9 Å². The molecule has 1 nitrogen and oxygen atoms in total. The van der Waals surface area contributed by atoms with Crippen LogP contribution in [-0.2, 0) is 0 Å². The Hall–Kier alpha value is -0.980. The average Bonchev–Trinajstić information content (AvgIpc) is 2.44. The van der Waals surface area contributed by atoms with E-state index in [1.165, 1.54) is 61.8 Å². The van der Waals surface area contributed by atoms with Crippen LogP contribution in [0.15, 0.2) is 18.2 Å². The summed E-state index contributed by atoms with van der Waals surface area (Å²) in [6, 6.07) is 7.04. The molecule has 2 saturated carbocycles. The van der Waals surface area contributed by atoms with Gasteiger partial charge in [-0.05, 0) is 74.6 Å². The van der Waals surface area contributed by atoms with Crippen molar-refractivity contribution in [2.45, 2.75) is 71.3 Å². The molecule has 2 aliphatic rings. The lowest BCUT2D eigenvalue weighted by Gasteiger charge is -2.54. The summed E-state index contributed by atoms with van der Waals surface area (Å²) in [6.07, 6.45) is 9.97. The molecular formula is C20H31N. The smallest absolute Gasteiger partial charge is 0.0404 e. The van der Waals surface area contributed by atoms with Gasteiger partial charge in [0.1, 0.15) is 0 Å². The normalized spacial score (nSPS) is 32.0. The Morgan fingerprint density at radius 3 is 2.52 bits per heavy atom. The van der Waals surface area contributed by atoms with Gasteiger partial charge in [-0.1, -0.05) is 32.3 Å². The molecule has 2 fully saturated rings. The van der Waals surface area contributed by atoms with Crippen LogP contribution >= 0.6 is 0 Å². The van der Waals surface area contributed by atoms with Crippen molar-refractivity contribution in [3.63, 3.8) is 0 Å². The van der Waals surface area contributed by atoms with Crippen molar-refractivity contribution in [2.24, 2.45) is 11.8 Å². The maximum atomic E-state index is 2.65. The van der Waals surface area contributed by atoms with Crippen LogP contribution in [0.25, 0.3) is 0 Å². The molecule has 21 heavy (non-hydrogen) atoms. The molecule has 3 atom stereocenters. The van der Waals surface area contributed by atoms with Crippen molar-refractivity contribution in [1.29, 1.82) is 0 Å². The molecule has 0 spiro atoms. The van der Waals surface area contributed by atoms with Crippen molar-refractivity contribution < 1.29 is 0 Å². The number of fused-ring (bicyclic) bond motifs is 2. The summed E-state index contributed by atoms with van der Waals surface area (Å²) in [5, 5.41) is 0. The van der Waals surface area contributed by atoms with E-state index in [1.807, 2.05) is 0 Å². The first-order chi connectivity index (χ1) is 10.0. The first kappa shape index (κ1) is 14.9. The SMILES string of the molecule is CCC1CC2CCCC(N(C)c3cc(C)cc(C)c3)(C1)C2. The van der Waals surface area contributed by atoms with E-state index >= 15 is 0 Å². The highest BCUT2D eigenvalue weighted by atomic mass is 15.2. The Labute approximate surface area is 130 Å². The third kappa shape index (κ3) is 2.84. The van der Waals surface area contributed by atoms with Crippen LogP contribution in [0.1, 0.15) is 63.0 Å². The highest BCUT2D eigenvalue weighted by Gasteiger charge is 2.45. The Morgan fingerprint density at radius 2 is 1.86 bits per heavy atom. The van der Waals surface area contributed by atoms with Crippen molar-refractivity contribution in [3.05, 3.63) is 29.3 Å². The van der Waals surface area contributed by atoms with Crippen LogP contribution in [0.5, 0.6) is 0 Å². The highest BCUT2D eigenvalue weighted by Crippen LogP contribution is 2.50. The predicted molar refractivity (Wildman–Crippen MR) is 92.0 cm³/mol. The Kier molecular flexibility index (Phi) is 4.03. The molecule has 1 aromatic rings. The fourth-order valence-corrected chi connectivity index (χ4v) is 5.11. The Morgan fingerprint density at radius 1 is 1.14 bits per heavy atom. The van der Waals surface area contributed by atoms with Crippen molar-refractivity contribution in [3.8, 4) is 0 Å². The zero-order valence-electron chi connectivity index (χ0n) is 14.3. The number of benzene rings is 1. The average molecular weight is 285 g/mol. The Balaban J connectivity index is 1.92. The molecule has 2 aliphatic carbocycles. The van der Waals surface area contributed by atoms with Gasteiger partial charge >= 0.3 is 0 Å². The van der Waals surface area contributed by atoms with E-state index in [1.54, 1.807) is 0 Å². The first-order valence-corrected chi connectivity index (χ1v) is 8.84. The number of anilines is 1. The van der Waals surface area contributed by atoms with Crippen LogP contribution in [0, 0.1) is 25.7 Å². The molecule has 116 valence electrons. The summed E-state index contributed by atoms with van der Waals surface area (Å²) < 4.78 is 0. The quantitative estimate of drug-likeness (QED) is 0.710. The maximum Gasteiger partial charge on any atom is 0.0404 e. The lowest BCUT2D eigenvalue weighted by atomic mass is 9.62. The van der Waals surface area contributed by atoms with Crippen LogP contribution in [-0.4, -0.2) is 12.6 Å². The fraction of sp³-hybridized carbons (Fsp3) is 0.700. The first-order valence-electron chi connectivity index (χ1n) is 8.84. The van der Waals surface area contributed by atoms with Crippen LogP contribution in [0.4, 0.5) is 5.69 Å². The molecule has 0 saturated heterocycles. The lowest BCUT2D eigenvalue weighted by Crippen LogP contribution is -2.54. The second-order valence-corrected chi connectivity index (χ2v) is 7.81. The van der Waals surface area contributed by atoms with E-state index < -0.39 is 0 Å². The zero-order valence-corrected chi connectivity index (χ0v) is 14.3. The monoisotopic (exact) mass is 285 g/mol. The number of nitrogens with zero attached hydrogens (tertiary/aromatic N) is 1. The standard InChI is InChI=1S/C20H31N/c1-5-17-12-18-7-6-8-20(13-17,14-18)21(4)19-10-15(2)9-16(3)11-19/h9-11,17-18H,5-8,12-14H2,1-4H3.